The third kappa shape index (κ3) is 3.62. The average Bonchev–Trinajstić information content (AvgIpc) is 2.59. The topological polar surface area (TPSA) is 32.3 Å². The summed E-state index contributed by atoms with van der Waals surface area (Å²) in [6.07, 6.45) is 1.98. The molecule has 1 amide bonds. The van der Waals surface area contributed by atoms with Crippen molar-refractivity contribution in [1.29, 1.82) is 0 Å². The minimum absolute atomic E-state index is 0.0138. The molecule has 2 aromatic rings. The summed E-state index contributed by atoms with van der Waals surface area (Å²) in [5.41, 5.74) is 4.79. The number of benzene rings is 2. The number of hydrogen-bond acceptors (Lipinski definition) is 2. The van der Waals surface area contributed by atoms with E-state index in [1.54, 1.807) is 0 Å². The van der Waals surface area contributed by atoms with E-state index in [9.17, 15) is 4.79 Å². The van der Waals surface area contributed by atoms with Crippen LogP contribution in [0.3, 0.4) is 0 Å². The van der Waals surface area contributed by atoms with Gasteiger partial charge in [-0.05, 0) is 48.7 Å². The van der Waals surface area contributed by atoms with Crippen molar-refractivity contribution < 1.29 is 4.79 Å². The second-order valence-electron chi connectivity index (χ2n) is 6.30. The van der Waals surface area contributed by atoms with Crippen LogP contribution in [0.2, 0.25) is 0 Å². The van der Waals surface area contributed by atoms with Crippen molar-refractivity contribution in [2.24, 2.45) is 0 Å². The molecule has 0 bridgehead atoms. The predicted molar refractivity (Wildman–Crippen MR) is 93.6 cm³/mol. The number of amides is 1. The molecule has 1 atom stereocenters. The lowest BCUT2D eigenvalue weighted by Gasteiger charge is -2.34. The van der Waals surface area contributed by atoms with Gasteiger partial charge >= 0.3 is 0 Å². The lowest BCUT2D eigenvalue weighted by Crippen LogP contribution is -2.45. The predicted octanol–water partition coefficient (Wildman–Crippen LogP) is 3.04. The van der Waals surface area contributed by atoms with Gasteiger partial charge in [0.05, 0.1) is 0 Å². The molecule has 120 valence electrons. The SMILES string of the molecule is CCc1ccc(C(=O)NC[C@H]2Cc3ccccc3CN2C)cc1. The van der Waals surface area contributed by atoms with Gasteiger partial charge in [-0.25, -0.2) is 0 Å². The van der Waals surface area contributed by atoms with Gasteiger partial charge in [0.15, 0.2) is 0 Å². The Morgan fingerprint density at radius 2 is 1.83 bits per heavy atom. The van der Waals surface area contributed by atoms with Crippen LogP contribution in [0.4, 0.5) is 0 Å². The average molecular weight is 308 g/mol. The summed E-state index contributed by atoms with van der Waals surface area (Å²) in [6.45, 7) is 3.74. The summed E-state index contributed by atoms with van der Waals surface area (Å²) >= 11 is 0. The van der Waals surface area contributed by atoms with Crippen molar-refractivity contribution in [1.82, 2.24) is 10.2 Å². The van der Waals surface area contributed by atoms with E-state index in [1.807, 2.05) is 24.3 Å². The number of carbonyl (C=O) groups is 1. The summed E-state index contributed by atoms with van der Waals surface area (Å²) in [5.74, 6) is 0.0138. The molecule has 0 aromatic heterocycles. The fourth-order valence-electron chi connectivity index (χ4n) is 3.15. The Balaban J connectivity index is 1.60. The van der Waals surface area contributed by atoms with Crippen molar-refractivity contribution in [2.45, 2.75) is 32.4 Å². The minimum Gasteiger partial charge on any atom is -0.350 e. The number of fused-ring (bicyclic) bond motifs is 1. The Labute approximate surface area is 138 Å². The second-order valence-corrected chi connectivity index (χ2v) is 6.30. The van der Waals surface area contributed by atoms with Crippen LogP contribution in [0.1, 0.15) is 34.0 Å². The molecule has 1 aliphatic heterocycles. The van der Waals surface area contributed by atoms with Gasteiger partial charge in [-0.3, -0.25) is 9.69 Å². The highest BCUT2D eigenvalue weighted by Crippen LogP contribution is 2.21. The number of carbonyl (C=O) groups excluding carboxylic acids is 1. The second kappa shape index (κ2) is 6.97. The van der Waals surface area contributed by atoms with E-state index in [1.165, 1.54) is 16.7 Å². The lowest BCUT2D eigenvalue weighted by molar-refractivity contribution is 0.0934. The number of aryl methyl sites for hydroxylation is 1. The molecular formula is C20H24N2O. The lowest BCUT2D eigenvalue weighted by atomic mass is 9.94. The maximum absolute atomic E-state index is 12.3. The molecule has 0 radical (unpaired) electrons. The Hall–Kier alpha value is -2.13. The van der Waals surface area contributed by atoms with E-state index in [-0.39, 0.29) is 5.91 Å². The van der Waals surface area contributed by atoms with Crippen LogP contribution >= 0.6 is 0 Å². The number of hydrogen-bond donors (Lipinski definition) is 1. The zero-order chi connectivity index (χ0) is 16.2. The van der Waals surface area contributed by atoms with Crippen molar-refractivity contribution in [2.75, 3.05) is 13.6 Å². The highest BCUT2D eigenvalue weighted by molar-refractivity contribution is 5.94. The van der Waals surface area contributed by atoms with Gasteiger partial charge in [0.1, 0.15) is 0 Å². The summed E-state index contributed by atoms with van der Waals surface area (Å²) in [7, 11) is 2.13. The maximum Gasteiger partial charge on any atom is 0.251 e. The van der Waals surface area contributed by atoms with E-state index in [0.717, 1.165) is 24.9 Å². The molecule has 0 unspecified atom stereocenters. The fourth-order valence-corrected chi connectivity index (χ4v) is 3.15. The molecule has 1 N–H and O–H groups in total. The monoisotopic (exact) mass is 308 g/mol. The normalized spacial score (nSPS) is 17.6. The minimum atomic E-state index is 0.0138. The maximum atomic E-state index is 12.3. The van der Waals surface area contributed by atoms with Crippen LogP contribution in [0, 0.1) is 0 Å². The highest BCUT2D eigenvalue weighted by atomic mass is 16.1. The van der Waals surface area contributed by atoms with Crippen LogP contribution in [-0.4, -0.2) is 30.4 Å². The zero-order valence-electron chi connectivity index (χ0n) is 13.9. The molecule has 0 spiro atoms. The third-order valence-electron chi connectivity index (χ3n) is 4.74. The number of likely N-dealkylation sites (N-methyl/N-ethyl adjacent to an activating group) is 1. The van der Waals surface area contributed by atoms with Gasteiger partial charge < -0.3 is 5.32 Å². The van der Waals surface area contributed by atoms with Crippen molar-refractivity contribution in [3.63, 3.8) is 0 Å². The van der Waals surface area contributed by atoms with Crippen molar-refractivity contribution in [3.05, 3.63) is 70.8 Å². The quantitative estimate of drug-likeness (QED) is 0.941. The van der Waals surface area contributed by atoms with E-state index in [0.29, 0.717) is 12.6 Å². The first-order valence-electron chi connectivity index (χ1n) is 8.31. The van der Waals surface area contributed by atoms with E-state index < -0.39 is 0 Å². The van der Waals surface area contributed by atoms with Gasteiger partial charge in [0.25, 0.3) is 5.91 Å². The Kier molecular flexibility index (Phi) is 4.77. The van der Waals surface area contributed by atoms with E-state index in [4.69, 9.17) is 0 Å². The Bertz CT molecular complexity index is 678. The molecule has 0 saturated carbocycles. The van der Waals surface area contributed by atoms with Crippen molar-refractivity contribution in [3.8, 4) is 0 Å². The smallest absolute Gasteiger partial charge is 0.251 e. The molecular weight excluding hydrogens is 284 g/mol. The van der Waals surface area contributed by atoms with Crippen LogP contribution in [0.25, 0.3) is 0 Å². The molecule has 3 nitrogen and oxygen atoms in total. The number of nitrogens with zero attached hydrogens (tertiary/aromatic N) is 1. The molecule has 2 aromatic carbocycles. The van der Waals surface area contributed by atoms with Gasteiger partial charge in [0.2, 0.25) is 0 Å². The Morgan fingerprint density at radius 3 is 2.52 bits per heavy atom. The largest absolute Gasteiger partial charge is 0.350 e. The molecule has 0 saturated heterocycles. The highest BCUT2D eigenvalue weighted by Gasteiger charge is 2.23. The van der Waals surface area contributed by atoms with Crippen LogP contribution in [0.15, 0.2) is 48.5 Å². The first-order valence-corrected chi connectivity index (χ1v) is 8.31. The van der Waals surface area contributed by atoms with Gasteiger partial charge in [-0.1, -0.05) is 43.3 Å². The van der Waals surface area contributed by atoms with Crippen LogP contribution < -0.4 is 5.32 Å². The molecule has 23 heavy (non-hydrogen) atoms. The number of nitrogens with one attached hydrogen (secondary N) is 1. The van der Waals surface area contributed by atoms with E-state index >= 15 is 0 Å². The molecule has 1 heterocycles. The van der Waals surface area contributed by atoms with Gasteiger partial charge in [-0.2, -0.15) is 0 Å². The van der Waals surface area contributed by atoms with Gasteiger partial charge in [-0.15, -0.1) is 0 Å². The molecule has 1 aliphatic rings. The van der Waals surface area contributed by atoms with Crippen LogP contribution in [-0.2, 0) is 19.4 Å². The first-order chi connectivity index (χ1) is 11.2. The van der Waals surface area contributed by atoms with Crippen LogP contribution in [0.5, 0.6) is 0 Å². The van der Waals surface area contributed by atoms with Crippen molar-refractivity contribution >= 4 is 5.91 Å². The standard InChI is InChI=1S/C20H24N2O/c1-3-15-8-10-16(11-9-15)20(23)21-13-19-12-17-6-4-5-7-18(17)14-22(19)2/h4-11,19H,3,12-14H2,1-2H3,(H,21,23)/t19-/m1/s1. The summed E-state index contributed by atoms with van der Waals surface area (Å²) in [5, 5.41) is 3.09. The fraction of sp³-hybridized carbons (Fsp3) is 0.350. The Morgan fingerprint density at radius 1 is 1.13 bits per heavy atom. The third-order valence-corrected chi connectivity index (χ3v) is 4.74. The summed E-state index contributed by atoms with van der Waals surface area (Å²) in [4.78, 5) is 14.6. The summed E-state index contributed by atoms with van der Waals surface area (Å²) < 4.78 is 0. The molecule has 3 rings (SSSR count). The zero-order valence-corrected chi connectivity index (χ0v) is 13.9. The molecule has 3 heteroatoms. The molecule has 0 aliphatic carbocycles. The summed E-state index contributed by atoms with van der Waals surface area (Å²) in [6, 6.07) is 16.8. The molecule has 0 fully saturated rings. The van der Waals surface area contributed by atoms with Gasteiger partial charge in [0, 0.05) is 24.7 Å². The number of rotatable bonds is 4. The van der Waals surface area contributed by atoms with E-state index in [2.05, 4.69) is 48.5 Å². The first kappa shape index (κ1) is 15.8.